The molecule has 0 heterocycles. The number of aliphatic carboxylic acids is 2. The van der Waals surface area contributed by atoms with Crippen LogP contribution < -0.4 is 11.1 Å². The number of carbonyl (C=O) groups is 3. The van der Waals surface area contributed by atoms with E-state index in [0.29, 0.717) is 0 Å². The number of carboxylic acids is 2. The van der Waals surface area contributed by atoms with Gasteiger partial charge < -0.3 is 21.3 Å². The summed E-state index contributed by atoms with van der Waals surface area (Å²) < 4.78 is 0. The highest BCUT2D eigenvalue weighted by atomic mass is 16.4. The summed E-state index contributed by atoms with van der Waals surface area (Å²) in [6.45, 7) is 1.72. The van der Waals surface area contributed by atoms with Gasteiger partial charge in [-0.05, 0) is 12.8 Å². The maximum absolute atomic E-state index is 11.4. The SMILES string of the molecule is CC(CN)C(=O)N[C@H](CCCC(=O)O)C(=O)O. The number of carboxylic acid groups (broad SMARTS) is 2. The fraction of sp³-hybridized carbons (Fsp3) is 0.700. The maximum atomic E-state index is 11.4. The first-order chi connectivity index (χ1) is 7.88. The van der Waals surface area contributed by atoms with E-state index in [9.17, 15) is 14.4 Å². The normalized spacial score (nSPS) is 13.8. The lowest BCUT2D eigenvalue weighted by Crippen LogP contribution is -2.44. The molecule has 0 saturated heterocycles. The van der Waals surface area contributed by atoms with E-state index < -0.39 is 29.8 Å². The molecule has 7 nitrogen and oxygen atoms in total. The molecular formula is C10H18N2O5. The summed E-state index contributed by atoms with van der Waals surface area (Å²) in [5.74, 6) is -3.06. The van der Waals surface area contributed by atoms with Gasteiger partial charge in [0.05, 0.1) is 0 Å². The van der Waals surface area contributed by atoms with Crippen LogP contribution in [0.5, 0.6) is 0 Å². The molecule has 5 N–H and O–H groups in total. The number of carbonyl (C=O) groups excluding carboxylic acids is 1. The Kier molecular flexibility index (Phi) is 6.88. The van der Waals surface area contributed by atoms with Gasteiger partial charge >= 0.3 is 11.9 Å². The lowest BCUT2D eigenvalue weighted by Gasteiger charge is -2.16. The summed E-state index contributed by atoms with van der Waals surface area (Å²) in [6.07, 6.45) is 0.167. The Morgan fingerprint density at radius 2 is 1.88 bits per heavy atom. The topological polar surface area (TPSA) is 130 Å². The van der Waals surface area contributed by atoms with E-state index >= 15 is 0 Å². The summed E-state index contributed by atoms with van der Waals surface area (Å²) in [5, 5.41) is 19.6. The van der Waals surface area contributed by atoms with Crippen molar-refractivity contribution in [2.45, 2.75) is 32.2 Å². The van der Waals surface area contributed by atoms with Gasteiger partial charge in [0.1, 0.15) is 6.04 Å². The van der Waals surface area contributed by atoms with Crippen LogP contribution in [-0.2, 0) is 14.4 Å². The number of rotatable bonds is 8. The first-order valence-corrected chi connectivity index (χ1v) is 5.33. The molecule has 0 aliphatic heterocycles. The number of hydrogen-bond acceptors (Lipinski definition) is 4. The van der Waals surface area contributed by atoms with E-state index in [1.54, 1.807) is 6.92 Å². The number of amides is 1. The molecule has 1 unspecified atom stereocenters. The van der Waals surface area contributed by atoms with Gasteiger partial charge in [0.15, 0.2) is 0 Å². The molecule has 98 valence electrons. The first-order valence-electron chi connectivity index (χ1n) is 5.33. The van der Waals surface area contributed by atoms with Crippen molar-refractivity contribution in [1.29, 1.82) is 0 Å². The van der Waals surface area contributed by atoms with Crippen molar-refractivity contribution in [3.05, 3.63) is 0 Å². The molecule has 0 aromatic rings. The van der Waals surface area contributed by atoms with Gasteiger partial charge in [-0.15, -0.1) is 0 Å². The molecular weight excluding hydrogens is 228 g/mol. The second-order valence-electron chi connectivity index (χ2n) is 3.82. The van der Waals surface area contributed by atoms with Crippen molar-refractivity contribution in [2.75, 3.05) is 6.54 Å². The molecule has 0 fully saturated rings. The second-order valence-corrected chi connectivity index (χ2v) is 3.82. The highest BCUT2D eigenvalue weighted by molar-refractivity contribution is 5.84. The van der Waals surface area contributed by atoms with Gasteiger partial charge in [0, 0.05) is 18.9 Å². The standard InChI is InChI=1S/C10H18N2O5/c1-6(5-11)9(15)12-7(10(16)17)3-2-4-8(13)14/h6-7H,2-5,11H2,1H3,(H,12,15)(H,13,14)(H,16,17)/t6?,7-/m1/s1. The minimum absolute atomic E-state index is 0.0880. The molecule has 0 spiro atoms. The molecule has 1 amide bonds. The van der Waals surface area contributed by atoms with E-state index in [4.69, 9.17) is 15.9 Å². The van der Waals surface area contributed by atoms with Gasteiger partial charge in [0.25, 0.3) is 0 Å². The zero-order chi connectivity index (χ0) is 13.4. The average Bonchev–Trinajstić information content (AvgIpc) is 2.25. The van der Waals surface area contributed by atoms with E-state index in [0.717, 1.165) is 0 Å². The van der Waals surface area contributed by atoms with E-state index in [1.165, 1.54) is 0 Å². The Bertz CT molecular complexity index is 292. The molecule has 7 heteroatoms. The van der Waals surface area contributed by atoms with Crippen LogP contribution in [0.3, 0.4) is 0 Å². The van der Waals surface area contributed by atoms with Gasteiger partial charge in [0.2, 0.25) is 5.91 Å². The van der Waals surface area contributed by atoms with Crippen LogP contribution in [0.2, 0.25) is 0 Å². The maximum Gasteiger partial charge on any atom is 0.326 e. The molecule has 17 heavy (non-hydrogen) atoms. The third-order valence-electron chi connectivity index (χ3n) is 2.30. The molecule has 0 aromatic carbocycles. The number of nitrogens with two attached hydrogens (primary N) is 1. The van der Waals surface area contributed by atoms with Crippen LogP contribution in [0.25, 0.3) is 0 Å². The van der Waals surface area contributed by atoms with Crippen molar-refractivity contribution >= 4 is 17.8 Å². The van der Waals surface area contributed by atoms with E-state index in [-0.39, 0.29) is 25.8 Å². The quantitative estimate of drug-likeness (QED) is 0.452. The second kappa shape index (κ2) is 7.61. The highest BCUT2D eigenvalue weighted by Crippen LogP contribution is 2.03. The van der Waals surface area contributed by atoms with Crippen LogP contribution in [-0.4, -0.2) is 40.6 Å². The van der Waals surface area contributed by atoms with Crippen LogP contribution >= 0.6 is 0 Å². The minimum Gasteiger partial charge on any atom is -0.481 e. The minimum atomic E-state index is -1.17. The van der Waals surface area contributed by atoms with E-state index in [2.05, 4.69) is 5.32 Å². The first kappa shape index (κ1) is 15.4. The van der Waals surface area contributed by atoms with E-state index in [1.807, 2.05) is 0 Å². The van der Waals surface area contributed by atoms with Crippen LogP contribution in [0.4, 0.5) is 0 Å². The van der Waals surface area contributed by atoms with Gasteiger partial charge in [-0.2, -0.15) is 0 Å². The van der Waals surface area contributed by atoms with Crippen molar-refractivity contribution < 1.29 is 24.6 Å². The molecule has 2 atom stereocenters. The van der Waals surface area contributed by atoms with Crippen molar-refractivity contribution in [1.82, 2.24) is 5.32 Å². The summed E-state index contributed by atoms with van der Waals surface area (Å²) in [7, 11) is 0. The van der Waals surface area contributed by atoms with Gasteiger partial charge in [-0.1, -0.05) is 6.92 Å². The van der Waals surface area contributed by atoms with Crippen molar-refractivity contribution in [3.63, 3.8) is 0 Å². The molecule has 0 bridgehead atoms. The van der Waals surface area contributed by atoms with Gasteiger partial charge in [-0.25, -0.2) is 4.79 Å². The van der Waals surface area contributed by atoms with Crippen molar-refractivity contribution in [2.24, 2.45) is 11.7 Å². The largest absolute Gasteiger partial charge is 0.481 e. The summed E-state index contributed by atoms with van der Waals surface area (Å²) >= 11 is 0. The molecule has 0 aliphatic carbocycles. The van der Waals surface area contributed by atoms with Gasteiger partial charge in [-0.3, -0.25) is 9.59 Å². The van der Waals surface area contributed by atoms with Crippen LogP contribution in [0.15, 0.2) is 0 Å². The Labute approximate surface area is 99.0 Å². The van der Waals surface area contributed by atoms with Crippen molar-refractivity contribution in [3.8, 4) is 0 Å². The lowest BCUT2D eigenvalue weighted by atomic mass is 10.1. The summed E-state index contributed by atoms with van der Waals surface area (Å²) in [5.41, 5.74) is 5.28. The number of hydrogen-bond donors (Lipinski definition) is 4. The zero-order valence-electron chi connectivity index (χ0n) is 9.68. The smallest absolute Gasteiger partial charge is 0.326 e. The zero-order valence-corrected chi connectivity index (χ0v) is 9.68. The highest BCUT2D eigenvalue weighted by Gasteiger charge is 2.22. The predicted octanol–water partition coefficient (Wildman–Crippen LogP) is -0.594. The summed E-state index contributed by atoms with van der Waals surface area (Å²) in [4.78, 5) is 32.5. The molecule has 0 rings (SSSR count). The fourth-order valence-electron chi connectivity index (χ4n) is 1.14. The fourth-order valence-corrected chi connectivity index (χ4v) is 1.14. The molecule has 0 saturated carbocycles. The third kappa shape index (κ3) is 6.52. The Morgan fingerprint density at radius 3 is 2.29 bits per heavy atom. The monoisotopic (exact) mass is 246 g/mol. The Morgan fingerprint density at radius 1 is 1.29 bits per heavy atom. The Balaban J connectivity index is 4.20. The Hall–Kier alpha value is -1.63. The summed E-state index contributed by atoms with van der Waals surface area (Å²) in [6, 6.07) is -1.06. The van der Waals surface area contributed by atoms with Crippen LogP contribution in [0, 0.1) is 5.92 Å². The molecule has 0 aromatic heterocycles. The lowest BCUT2D eigenvalue weighted by molar-refractivity contribution is -0.143. The third-order valence-corrected chi connectivity index (χ3v) is 2.30. The molecule has 0 aliphatic rings. The molecule has 0 radical (unpaired) electrons. The average molecular weight is 246 g/mol. The van der Waals surface area contributed by atoms with Crippen LogP contribution in [0.1, 0.15) is 26.2 Å². The predicted molar refractivity (Wildman–Crippen MR) is 59.3 cm³/mol. The number of nitrogens with one attached hydrogen (secondary N) is 1.